The zero-order valence-electron chi connectivity index (χ0n) is 14.3. The minimum absolute atomic E-state index is 0.103. The van der Waals surface area contributed by atoms with Gasteiger partial charge in [-0.15, -0.1) is 0 Å². The lowest BCUT2D eigenvalue weighted by Gasteiger charge is -2.26. The van der Waals surface area contributed by atoms with E-state index in [4.69, 9.17) is 0 Å². The maximum atomic E-state index is 10.8. The van der Waals surface area contributed by atoms with Crippen molar-refractivity contribution >= 4 is 11.6 Å². The second-order valence-corrected chi connectivity index (χ2v) is 5.95. The summed E-state index contributed by atoms with van der Waals surface area (Å²) in [6.45, 7) is 7.45. The number of aliphatic imine (C=N–C) groups is 1. The van der Waals surface area contributed by atoms with Gasteiger partial charge in [0.05, 0.1) is 11.5 Å². The molecule has 0 aromatic heterocycles. The average Bonchev–Trinajstić information content (AvgIpc) is 2.61. The van der Waals surface area contributed by atoms with Crippen LogP contribution in [0.25, 0.3) is 0 Å². The van der Waals surface area contributed by atoms with E-state index in [1.165, 1.54) is 38.4 Å². The molecule has 0 aliphatic carbocycles. The van der Waals surface area contributed by atoms with E-state index in [1.807, 2.05) is 13.0 Å². The van der Waals surface area contributed by atoms with Crippen LogP contribution in [0.5, 0.6) is 0 Å². The van der Waals surface area contributed by atoms with Crippen molar-refractivity contribution in [2.75, 3.05) is 32.7 Å². The first-order valence-corrected chi connectivity index (χ1v) is 8.67. The molecule has 1 saturated heterocycles. The van der Waals surface area contributed by atoms with Crippen molar-refractivity contribution in [3.8, 4) is 0 Å². The molecule has 1 fully saturated rings. The monoisotopic (exact) mass is 333 g/mol. The molecule has 0 spiro atoms. The predicted molar refractivity (Wildman–Crippen MR) is 96.2 cm³/mol. The molecule has 2 N–H and O–H groups in total. The largest absolute Gasteiger partial charge is 0.357 e. The molecule has 0 amide bonds. The third-order valence-electron chi connectivity index (χ3n) is 4.05. The summed E-state index contributed by atoms with van der Waals surface area (Å²) in [7, 11) is 0. The number of hydrogen-bond donors (Lipinski definition) is 2. The molecule has 0 bridgehead atoms. The van der Waals surface area contributed by atoms with Gasteiger partial charge in [-0.05, 0) is 38.4 Å². The van der Waals surface area contributed by atoms with Crippen molar-refractivity contribution in [1.82, 2.24) is 15.5 Å². The summed E-state index contributed by atoms with van der Waals surface area (Å²) in [5.74, 6) is 0.751. The van der Waals surface area contributed by atoms with E-state index in [1.54, 1.807) is 12.1 Å². The topological polar surface area (TPSA) is 82.8 Å². The molecule has 7 nitrogen and oxygen atoms in total. The number of likely N-dealkylation sites (tertiary alicyclic amines) is 1. The van der Waals surface area contributed by atoms with E-state index >= 15 is 0 Å². The number of nitro benzene ring substituents is 1. The minimum Gasteiger partial charge on any atom is -0.357 e. The minimum atomic E-state index is -0.380. The van der Waals surface area contributed by atoms with E-state index in [-0.39, 0.29) is 10.6 Å². The molecule has 7 heteroatoms. The van der Waals surface area contributed by atoms with Gasteiger partial charge >= 0.3 is 0 Å². The van der Waals surface area contributed by atoms with Crippen LogP contribution in [0.15, 0.2) is 29.3 Å². The highest BCUT2D eigenvalue weighted by Crippen LogP contribution is 2.13. The highest BCUT2D eigenvalue weighted by molar-refractivity contribution is 5.79. The molecule has 132 valence electrons. The number of guanidine groups is 1. The fourth-order valence-corrected chi connectivity index (χ4v) is 2.80. The van der Waals surface area contributed by atoms with Gasteiger partial charge < -0.3 is 15.5 Å². The van der Waals surface area contributed by atoms with E-state index in [9.17, 15) is 10.1 Å². The number of nitrogens with zero attached hydrogens (tertiary/aromatic N) is 3. The van der Waals surface area contributed by atoms with Crippen molar-refractivity contribution in [3.63, 3.8) is 0 Å². The highest BCUT2D eigenvalue weighted by atomic mass is 16.6. The molecule has 1 aromatic carbocycles. The van der Waals surface area contributed by atoms with Crippen molar-refractivity contribution in [1.29, 1.82) is 0 Å². The van der Waals surface area contributed by atoms with Gasteiger partial charge in [-0.1, -0.05) is 18.6 Å². The first kappa shape index (κ1) is 18.2. The zero-order valence-corrected chi connectivity index (χ0v) is 14.3. The van der Waals surface area contributed by atoms with E-state index in [2.05, 4.69) is 20.5 Å². The van der Waals surface area contributed by atoms with Gasteiger partial charge in [0.1, 0.15) is 0 Å². The average molecular weight is 333 g/mol. The number of hydrogen-bond acceptors (Lipinski definition) is 4. The molecule has 0 unspecified atom stereocenters. The van der Waals surface area contributed by atoms with Crippen LogP contribution in [0.1, 0.15) is 31.7 Å². The quantitative estimate of drug-likeness (QED) is 0.346. The predicted octanol–water partition coefficient (Wildman–Crippen LogP) is 2.14. The summed E-state index contributed by atoms with van der Waals surface area (Å²) >= 11 is 0. The summed E-state index contributed by atoms with van der Waals surface area (Å²) in [6.07, 6.45) is 3.93. The van der Waals surface area contributed by atoms with Crippen LogP contribution < -0.4 is 10.6 Å². The molecule has 1 aromatic rings. The van der Waals surface area contributed by atoms with Gasteiger partial charge in [-0.2, -0.15) is 0 Å². The van der Waals surface area contributed by atoms with Crippen LogP contribution in [0, 0.1) is 10.1 Å². The standard InChI is InChI=1S/C17H27N5O2/c1-2-18-17(19-9-12-21-10-4-3-5-11-21)20-14-15-7-6-8-16(13-15)22(23)24/h6-8,13H,2-5,9-12,14H2,1H3,(H2,18,19,20). The van der Waals surface area contributed by atoms with Gasteiger partial charge in [0, 0.05) is 31.8 Å². The van der Waals surface area contributed by atoms with Crippen LogP contribution >= 0.6 is 0 Å². The fraction of sp³-hybridized carbons (Fsp3) is 0.588. The number of nitro groups is 1. The Labute approximate surface area is 143 Å². The van der Waals surface area contributed by atoms with Gasteiger partial charge in [-0.3, -0.25) is 10.1 Å². The number of nitrogens with one attached hydrogen (secondary N) is 2. The Morgan fingerprint density at radius 3 is 2.79 bits per heavy atom. The molecule has 0 atom stereocenters. The Bertz CT molecular complexity index is 556. The SMILES string of the molecule is CCNC(=NCc1cccc([N+](=O)[O-])c1)NCCN1CCCCC1. The van der Waals surface area contributed by atoms with Crippen LogP contribution in [0.2, 0.25) is 0 Å². The summed E-state index contributed by atoms with van der Waals surface area (Å²) < 4.78 is 0. The summed E-state index contributed by atoms with van der Waals surface area (Å²) in [6, 6.07) is 6.61. The number of benzene rings is 1. The zero-order chi connectivity index (χ0) is 17.2. The summed E-state index contributed by atoms with van der Waals surface area (Å²) in [4.78, 5) is 17.4. The molecule has 1 aliphatic heterocycles. The van der Waals surface area contributed by atoms with Crippen molar-refractivity contribution in [2.45, 2.75) is 32.7 Å². The number of rotatable bonds is 7. The van der Waals surface area contributed by atoms with Gasteiger partial charge in [0.2, 0.25) is 0 Å². The molecule has 1 heterocycles. The molecule has 0 saturated carbocycles. The van der Waals surface area contributed by atoms with E-state index in [0.29, 0.717) is 6.54 Å². The maximum absolute atomic E-state index is 10.8. The van der Waals surface area contributed by atoms with E-state index in [0.717, 1.165) is 31.2 Å². The lowest BCUT2D eigenvalue weighted by Crippen LogP contribution is -2.42. The Morgan fingerprint density at radius 1 is 1.29 bits per heavy atom. The summed E-state index contributed by atoms with van der Waals surface area (Å²) in [5.41, 5.74) is 0.934. The molecular weight excluding hydrogens is 306 g/mol. The highest BCUT2D eigenvalue weighted by Gasteiger charge is 2.09. The molecular formula is C17H27N5O2. The smallest absolute Gasteiger partial charge is 0.269 e. The second-order valence-electron chi connectivity index (χ2n) is 5.95. The Hall–Kier alpha value is -2.15. The van der Waals surface area contributed by atoms with Gasteiger partial charge in [-0.25, -0.2) is 4.99 Å². The lowest BCUT2D eigenvalue weighted by atomic mass is 10.1. The lowest BCUT2D eigenvalue weighted by molar-refractivity contribution is -0.384. The molecule has 1 aliphatic rings. The van der Waals surface area contributed by atoms with Crippen molar-refractivity contribution in [3.05, 3.63) is 39.9 Å². The summed E-state index contributed by atoms with van der Waals surface area (Å²) in [5, 5.41) is 17.4. The normalized spacial score (nSPS) is 16.0. The Kier molecular flexibility index (Phi) is 7.48. The van der Waals surface area contributed by atoms with E-state index < -0.39 is 0 Å². The van der Waals surface area contributed by atoms with Crippen LogP contribution in [0.4, 0.5) is 5.69 Å². The Morgan fingerprint density at radius 2 is 2.08 bits per heavy atom. The molecule has 2 rings (SSSR count). The van der Waals surface area contributed by atoms with Crippen LogP contribution in [-0.2, 0) is 6.54 Å². The van der Waals surface area contributed by atoms with Gasteiger partial charge in [0.15, 0.2) is 5.96 Å². The van der Waals surface area contributed by atoms with Crippen LogP contribution in [0.3, 0.4) is 0 Å². The number of piperidine rings is 1. The molecule has 24 heavy (non-hydrogen) atoms. The molecule has 0 radical (unpaired) electrons. The van der Waals surface area contributed by atoms with Crippen molar-refractivity contribution in [2.24, 2.45) is 4.99 Å². The fourth-order valence-electron chi connectivity index (χ4n) is 2.80. The number of non-ortho nitro benzene ring substituents is 1. The second kappa shape index (κ2) is 9.87. The van der Waals surface area contributed by atoms with Crippen LogP contribution in [-0.4, -0.2) is 48.5 Å². The third-order valence-corrected chi connectivity index (χ3v) is 4.05. The third kappa shape index (κ3) is 6.16. The first-order chi connectivity index (χ1) is 11.7. The first-order valence-electron chi connectivity index (χ1n) is 8.67. The Balaban J connectivity index is 1.85. The maximum Gasteiger partial charge on any atom is 0.269 e. The van der Waals surface area contributed by atoms with Crippen molar-refractivity contribution < 1.29 is 4.92 Å². The van der Waals surface area contributed by atoms with Gasteiger partial charge in [0.25, 0.3) is 5.69 Å².